The number of nitrogens with one attached hydrogen (secondary N) is 2. The van der Waals surface area contributed by atoms with Gasteiger partial charge >= 0.3 is 0 Å². The number of carbonyl (C=O) groups is 1. The Balaban J connectivity index is 1.87. The highest BCUT2D eigenvalue weighted by molar-refractivity contribution is 5.99. The van der Waals surface area contributed by atoms with E-state index in [9.17, 15) is 9.90 Å². The zero-order valence-corrected chi connectivity index (χ0v) is 13.4. The average Bonchev–Trinajstić information content (AvgIpc) is 2.60. The molecular formula is C18H26N2O3. The second-order valence-electron chi connectivity index (χ2n) is 5.88. The molecule has 126 valence electrons. The lowest BCUT2D eigenvalue weighted by atomic mass is 9.97. The van der Waals surface area contributed by atoms with Crippen molar-refractivity contribution in [3.05, 3.63) is 41.5 Å². The first kappa shape index (κ1) is 17.5. The molecule has 1 atom stereocenters. The number of benzene rings is 1. The molecule has 0 aromatic heterocycles. The minimum atomic E-state index is -0.843. The van der Waals surface area contributed by atoms with Crippen molar-refractivity contribution >= 4 is 11.6 Å². The summed E-state index contributed by atoms with van der Waals surface area (Å²) in [7, 11) is 0. The maximum Gasteiger partial charge on any atom is 0.253 e. The summed E-state index contributed by atoms with van der Waals surface area (Å²) in [4.78, 5) is 12.3. The summed E-state index contributed by atoms with van der Waals surface area (Å²) in [6, 6.07) is 7.19. The molecule has 5 nitrogen and oxygen atoms in total. The number of aliphatic hydroxyl groups is 2. The van der Waals surface area contributed by atoms with E-state index in [1.54, 1.807) is 12.1 Å². The highest BCUT2D eigenvalue weighted by atomic mass is 16.3. The molecule has 1 aromatic rings. The molecule has 1 aliphatic rings. The Bertz CT molecular complexity index is 543. The van der Waals surface area contributed by atoms with Gasteiger partial charge < -0.3 is 20.8 Å². The van der Waals surface area contributed by atoms with Gasteiger partial charge in [0.05, 0.1) is 18.3 Å². The van der Waals surface area contributed by atoms with E-state index in [2.05, 4.69) is 16.7 Å². The van der Waals surface area contributed by atoms with Crippen LogP contribution in [0.15, 0.2) is 35.9 Å². The molecule has 2 rings (SSSR count). The predicted molar refractivity (Wildman–Crippen MR) is 91.5 cm³/mol. The summed E-state index contributed by atoms with van der Waals surface area (Å²) in [5.74, 6) is -0.122. The molecule has 1 aliphatic carbocycles. The number of rotatable bonds is 8. The minimum Gasteiger partial charge on any atom is -0.394 e. The molecular weight excluding hydrogens is 292 g/mol. The molecule has 0 heterocycles. The lowest BCUT2D eigenvalue weighted by Gasteiger charge is -2.15. The summed E-state index contributed by atoms with van der Waals surface area (Å²) in [5, 5.41) is 24.2. The smallest absolute Gasteiger partial charge is 0.253 e. The molecule has 0 bridgehead atoms. The number of hydrogen-bond donors (Lipinski definition) is 4. The third-order valence-corrected chi connectivity index (χ3v) is 4.03. The van der Waals surface area contributed by atoms with Crippen molar-refractivity contribution < 1.29 is 15.0 Å². The van der Waals surface area contributed by atoms with Gasteiger partial charge in [0.25, 0.3) is 5.91 Å². The molecule has 0 saturated heterocycles. The zero-order valence-electron chi connectivity index (χ0n) is 13.4. The van der Waals surface area contributed by atoms with Gasteiger partial charge in [-0.05, 0) is 44.2 Å². The molecule has 0 spiro atoms. The summed E-state index contributed by atoms with van der Waals surface area (Å²) < 4.78 is 0. The van der Waals surface area contributed by atoms with Gasteiger partial charge in [-0.1, -0.05) is 23.8 Å². The van der Waals surface area contributed by atoms with Gasteiger partial charge in [-0.25, -0.2) is 0 Å². The standard InChI is InChI=1S/C18H26N2O3/c21-13-15(22)12-20-17-9-5-4-8-16(17)18(23)19-11-10-14-6-2-1-3-7-14/h4-6,8-9,15,20-22H,1-3,7,10-13H2,(H,19,23). The molecule has 5 heteroatoms. The highest BCUT2D eigenvalue weighted by Gasteiger charge is 2.12. The molecule has 0 radical (unpaired) electrons. The third-order valence-electron chi connectivity index (χ3n) is 4.03. The van der Waals surface area contributed by atoms with E-state index in [1.165, 1.54) is 18.4 Å². The highest BCUT2D eigenvalue weighted by Crippen LogP contribution is 2.20. The lowest BCUT2D eigenvalue weighted by molar-refractivity contribution is 0.0953. The molecule has 0 fully saturated rings. The Labute approximate surface area is 137 Å². The van der Waals surface area contributed by atoms with E-state index in [1.807, 2.05) is 12.1 Å². The summed E-state index contributed by atoms with van der Waals surface area (Å²) in [6.45, 7) is 0.530. The van der Waals surface area contributed by atoms with Crippen LogP contribution in [0.4, 0.5) is 5.69 Å². The Morgan fingerprint density at radius 1 is 1.26 bits per heavy atom. The normalized spacial score (nSPS) is 15.7. The van der Waals surface area contributed by atoms with E-state index in [0.717, 1.165) is 19.3 Å². The number of para-hydroxylation sites is 1. The Hall–Kier alpha value is -1.85. The minimum absolute atomic E-state index is 0.122. The van der Waals surface area contributed by atoms with Gasteiger partial charge in [-0.15, -0.1) is 0 Å². The first-order chi connectivity index (χ1) is 11.2. The summed E-state index contributed by atoms with van der Waals surface area (Å²) in [6.07, 6.45) is 7.18. The van der Waals surface area contributed by atoms with Gasteiger partial charge in [0.15, 0.2) is 0 Å². The maximum atomic E-state index is 12.3. The number of allylic oxidation sites excluding steroid dienone is 1. The largest absolute Gasteiger partial charge is 0.394 e. The van der Waals surface area contributed by atoms with E-state index < -0.39 is 6.10 Å². The first-order valence-corrected chi connectivity index (χ1v) is 8.28. The van der Waals surface area contributed by atoms with Crippen molar-refractivity contribution in [1.29, 1.82) is 0 Å². The van der Waals surface area contributed by atoms with E-state index in [0.29, 0.717) is 17.8 Å². The second-order valence-corrected chi connectivity index (χ2v) is 5.88. The molecule has 1 aromatic carbocycles. The van der Waals surface area contributed by atoms with E-state index in [-0.39, 0.29) is 19.1 Å². The van der Waals surface area contributed by atoms with Crippen molar-refractivity contribution in [2.45, 2.75) is 38.2 Å². The molecule has 23 heavy (non-hydrogen) atoms. The zero-order chi connectivity index (χ0) is 16.5. The number of carbonyl (C=O) groups excluding carboxylic acids is 1. The predicted octanol–water partition coefficient (Wildman–Crippen LogP) is 2.07. The Morgan fingerprint density at radius 3 is 2.83 bits per heavy atom. The van der Waals surface area contributed by atoms with Crippen molar-refractivity contribution in [3.8, 4) is 0 Å². The van der Waals surface area contributed by atoms with Gasteiger partial charge in [-0.2, -0.15) is 0 Å². The molecule has 0 aliphatic heterocycles. The van der Waals surface area contributed by atoms with Crippen LogP contribution in [0.3, 0.4) is 0 Å². The van der Waals surface area contributed by atoms with Crippen LogP contribution in [0.1, 0.15) is 42.5 Å². The average molecular weight is 318 g/mol. The van der Waals surface area contributed by atoms with Crippen LogP contribution in [0.25, 0.3) is 0 Å². The van der Waals surface area contributed by atoms with E-state index in [4.69, 9.17) is 5.11 Å². The second kappa shape index (κ2) is 9.33. The Morgan fingerprint density at radius 2 is 2.09 bits per heavy atom. The number of amides is 1. The van der Waals surface area contributed by atoms with Gasteiger partial charge in [-0.3, -0.25) is 4.79 Å². The van der Waals surface area contributed by atoms with Crippen molar-refractivity contribution in [2.75, 3.05) is 25.0 Å². The van der Waals surface area contributed by atoms with Crippen LogP contribution >= 0.6 is 0 Å². The lowest BCUT2D eigenvalue weighted by Crippen LogP contribution is -2.27. The Kier molecular flexibility index (Phi) is 7.10. The van der Waals surface area contributed by atoms with Crippen LogP contribution in [-0.4, -0.2) is 41.9 Å². The summed E-state index contributed by atoms with van der Waals surface area (Å²) >= 11 is 0. The van der Waals surface area contributed by atoms with Crippen molar-refractivity contribution in [3.63, 3.8) is 0 Å². The molecule has 4 N–H and O–H groups in total. The number of aliphatic hydroxyl groups excluding tert-OH is 2. The fourth-order valence-corrected chi connectivity index (χ4v) is 2.69. The number of hydrogen-bond acceptors (Lipinski definition) is 4. The fraction of sp³-hybridized carbons (Fsp3) is 0.500. The quantitative estimate of drug-likeness (QED) is 0.553. The molecule has 0 saturated carbocycles. The van der Waals surface area contributed by atoms with E-state index >= 15 is 0 Å². The maximum absolute atomic E-state index is 12.3. The number of anilines is 1. The molecule has 1 unspecified atom stereocenters. The third kappa shape index (κ3) is 5.69. The summed E-state index contributed by atoms with van der Waals surface area (Å²) in [5.41, 5.74) is 2.65. The van der Waals surface area contributed by atoms with Crippen LogP contribution in [0.2, 0.25) is 0 Å². The van der Waals surface area contributed by atoms with Gasteiger partial charge in [0.1, 0.15) is 0 Å². The van der Waals surface area contributed by atoms with Crippen LogP contribution < -0.4 is 10.6 Å². The van der Waals surface area contributed by atoms with Crippen molar-refractivity contribution in [2.24, 2.45) is 0 Å². The first-order valence-electron chi connectivity index (χ1n) is 8.28. The van der Waals surface area contributed by atoms with Crippen LogP contribution in [0.5, 0.6) is 0 Å². The van der Waals surface area contributed by atoms with Gasteiger partial charge in [0.2, 0.25) is 0 Å². The fourth-order valence-electron chi connectivity index (χ4n) is 2.69. The monoisotopic (exact) mass is 318 g/mol. The SMILES string of the molecule is O=C(NCCC1=CCCCC1)c1ccccc1NCC(O)CO. The van der Waals surface area contributed by atoms with Crippen LogP contribution in [-0.2, 0) is 0 Å². The van der Waals surface area contributed by atoms with Crippen LogP contribution in [0, 0.1) is 0 Å². The molecule has 1 amide bonds. The topological polar surface area (TPSA) is 81.6 Å². The van der Waals surface area contributed by atoms with Gasteiger partial charge in [0, 0.05) is 18.8 Å². The van der Waals surface area contributed by atoms with Crippen molar-refractivity contribution in [1.82, 2.24) is 5.32 Å².